The predicted octanol–water partition coefficient (Wildman–Crippen LogP) is 5.40. The predicted molar refractivity (Wildman–Crippen MR) is 98.5 cm³/mol. The molecule has 0 bridgehead atoms. The maximum absolute atomic E-state index is 13.4. The molecule has 2 aliphatic carbocycles. The van der Waals surface area contributed by atoms with Crippen LogP contribution in [0.2, 0.25) is 0 Å². The van der Waals surface area contributed by atoms with Crippen LogP contribution in [0.25, 0.3) is 0 Å². The molecule has 1 fully saturated rings. The third kappa shape index (κ3) is 2.26. The SMILES string of the molecule is C[C@@]1(c2ccccc2)C=C(C2(Cl)CCC2)C(=O)[C@H]1c1ccccc1. The second-order valence-corrected chi connectivity index (χ2v) is 7.96. The lowest BCUT2D eigenvalue weighted by atomic mass is 9.71. The monoisotopic (exact) mass is 336 g/mol. The minimum Gasteiger partial charge on any atom is -0.294 e. The van der Waals surface area contributed by atoms with Gasteiger partial charge >= 0.3 is 0 Å². The van der Waals surface area contributed by atoms with Crippen molar-refractivity contribution in [2.75, 3.05) is 0 Å². The van der Waals surface area contributed by atoms with Crippen LogP contribution in [0.4, 0.5) is 0 Å². The van der Waals surface area contributed by atoms with E-state index in [2.05, 4.69) is 37.3 Å². The summed E-state index contributed by atoms with van der Waals surface area (Å²) in [5.41, 5.74) is 2.71. The number of rotatable bonds is 3. The van der Waals surface area contributed by atoms with Crippen LogP contribution < -0.4 is 0 Å². The van der Waals surface area contributed by atoms with E-state index in [1.165, 1.54) is 5.56 Å². The first-order valence-corrected chi connectivity index (χ1v) is 8.99. The fourth-order valence-electron chi connectivity index (χ4n) is 4.18. The second-order valence-electron chi connectivity index (χ2n) is 7.23. The number of Topliss-reactive ketones (excluding diaryl/α,β-unsaturated/α-hetero) is 1. The highest BCUT2D eigenvalue weighted by Crippen LogP contribution is 2.55. The van der Waals surface area contributed by atoms with Crippen LogP contribution in [0.3, 0.4) is 0 Å². The lowest BCUT2D eigenvalue weighted by Gasteiger charge is -2.36. The van der Waals surface area contributed by atoms with E-state index in [1.54, 1.807) is 0 Å². The third-order valence-electron chi connectivity index (χ3n) is 5.73. The summed E-state index contributed by atoms with van der Waals surface area (Å²) in [7, 11) is 0. The van der Waals surface area contributed by atoms with Crippen LogP contribution in [0.15, 0.2) is 72.3 Å². The Morgan fingerprint density at radius 3 is 2.08 bits per heavy atom. The van der Waals surface area contributed by atoms with E-state index < -0.39 is 4.87 Å². The molecule has 2 aliphatic rings. The Balaban J connectivity index is 1.87. The van der Waals surface area contributed by atoms with E-state index in [0.29, 0.717) is 0 Å². The van der Waals surface area contributed by atoms with Gasteiger partial charge in [0.05, 0.1) is 10.8 Å². The molecule has 1 saturated carbocycles. The molecule has 0 aliphatic heterocycles. The average molecular weight is 337 g/mol. The smallest absolute Gasteiger partial charge is 0.168 e. The Labute approximate surface area is 148 Å². The molecule has 24 heavy (non-hydrogen) atoms. The lowest BCUT2D eigenvalue weighted by Crippen LogP contribution is -2.36. The number of alkyl halides is 1. The molecule has 0 aromatic heterocycles. The Morgan fingerprint density at radius 2 is 1.54 bits per heavy atom. The Hall–Kier alpha value is -1.86. The van der Waals surface area contributed by atoms with Gasteiger partial charge in [-0.2, -0.15) is 0 Å². The number of carbonyl (C=O) groups is 1. The first-order chi connectivity index (χ1) is 11.5. The van der Waals surface area contributed by atoms with Crippen molar-refractivity contribution in [3.05, 3.63) is 83.4 Å². The standard InChI is InChI=1S/C22H21ClO/c1-21(17-11-6-3-7-12-17)15-18(22(23)13-8-14-22)20(24)19(21)16-9-4-2-5-10-16/h2-7,9-12,15,19H,8,13-14H2,1H3/t19-,21+/m1/s1. The van der Waals surface area contributed by atoms with Crippen molar-refractivity contribution in [3.8, 4) is 0 Å². The summed E-state index contributed by atoms with van der Waals surface area (Å²) < 4.78 is 0. The van der Waals surface area contributed by atoms with Crippen molar-refractivity contribution in [3.63, 3.8) is 0 Å². The third-order valence-corrected chi connectivity index (χ3v) is 6.31. The van der Waals surface area contributed by atoms with Crippen LogP contribution in [0.5, 0.6) is 0 Å². The molecule has 0 amide bonds. The summed E-state index contributed by atoms with van der Waals surface area (Å²) in [6.07, 6.45) is 5.07. The van der Waals surface area contributed by atoms with E-state index in [9.17, 15) is 4.79 Å². The van der Waals surface area contributed by atoms with Gasteiger partial charge in [-0.1, -0.05) is 73.7 Å². The average Bonchev–Trinajstić information content (AvgIpc) is 2.87. The zero-order chi connectivity index (χ0) is 16.8. The van der Waals surface area contributed by atoms with E-state index >= 15 is 0 Å². The van der Waals surface area contributed by atoms with Crippen molar-refractivity contribution in [1.29, 1.82) is 0 Å². The van der Waals surface area contributed by atoms with Crippen LogP contribution in [-0.4, -0.2) is 10.7 Å². The highest BCUT2D eigenvalue weighted by molar-refractivity contribution is 6.31. The molecule has 122 valence electrons. The van der Waals surface area contributed by atoms with Gasteiger partial charge in [0.25, 0.3) is 0 Å². The minimum absolute atomic E-state index is 0.197. The van der Waals surface area contributed by atoms with E-state index in [4.69, 9.17) is 11.6 Å². The molecule has 2 aromatic carbocycles. The van der Waals surface area contributed by atoms with Crippen LogP contribution in [0, 0.1) is 0 Å². The van der Waals surface area contributed by atoms with Gasteiger partial charge in [-0.05, 0) is 30.4 Å². The van der Waals surface area contributed by atoms with Crippen molar-refractivity contribution in [2.45, 2.75) is 42.4 Å². The number of ketones is 1. The van der Waals surface area contributed by atoms with Gasteiger partial charge in [-0.3, -0.25) is 4.79 Å². The summed E-state index contributed by atoms with van der Waals surface area (Å²) >= 11 is 6.79. The van der Waals surface area contributed by atoms with Gasteiger partial charge in [0.2, 0.25) is 0 Å². The molecule has 0 saturated heterocycles. The van der Waals surface area contributed by atoms with Gasteiger partial charge < -0.3 is 0 Å². The summed E-state index contributed by atoms with van der Waals surface area (Å²) in [5.74, 6) is -0.00502. The number of benzene rings is 2. The quantitative estimate of drug-likeness (QED) is 0.686. The molecule has 0 radical (unpaired) electrons. The molecule has 2 atom stereocenters. The number of carbonyl (C=O) groups excluding carboxylic acids is 1. The molecule has 0 N–H and O–H groups in total. The molecule has 2 aromatic rings. The topological polar surface area (TPSA) is 17.1 Å². The van der Waals surface area contributed by atoms with Gasteiger partial charge in [0.1, 0.15) is 0 Å². The first-order valence-electron chi connectivity index (χ1n) is 8.61. The lowest BCUT2D eigenvalue weighted by molar-refractivity contribution is -0.117. The number of hydrogen-bond donors (Lipinski definition) is 0. The first kappa shape index (κ1) is 15.7. The van der Waals surface area contributed by atoms with Crippen LogP contribution in [-0.2, 0) is 10.2 Å². The summed E-state index contributed by atoms with van der Waals surface area (Å²) in [5, 5.41) is 0. The summed E-state index contributed by atoms with van der Waals surface area (Å²) in [6.45, 7) is 2.17. The molecule has 2 heteroatoms. The number of allylic oxidation sites excluding steroid dienone is 2. The van der Waals surface area contributed by atoms with Crippen LogP contribution in [0.1, 0.15) is 43.2 Å². The molecule has 0 unspecified atom stereocenters. The normalized spacial score (nSPS) is 28.3. The Bertz CT molecular complexity index is 789. The van der Waals surface area contributed by atoms with Crippen molar-refractivity contribution < 1.29 is 4.79 Å². The highest BCUT2D eigenvalue weighted by Gasteiger charge is 2.53. The minimum atomic E-state index is -0.448. The van der Waals surface area contributed by atoms with Crippen molar-refractivity contribution in [1.82, 2.24) is 0 Å². The Kier molecular flexibility index (Phi) is 3.65. The number of hydrogen-bond acceptors (Lipinski definition) is 1. The van der Waals surface area contributed by atoms with Crippen LogP contribution >= 0.6 is 11.6 Å². The molecule has 4 rings (SSSR count). The highest BCUT2D eigenvalue weighted by atomic mass is 35.5. The molecule has 0 heterocycles. The van der Waals surface area contributed by atoms with E-state index in [1.807, 2.05) is 36.4 Å². The Morgan fingerprint density at radius 1 is 0.958 bits per heavy atom. The summed E-state index contributed by atoms with van der Waals surface area (Å²) in [6, 6.07) is 20.4. The number of halogens is 1. The van der Waals surface area contributed by atoms with Gasteiger partial charge in [-0.25, -0.2) is 0 Å². The fourth-order valence-corrected chi connectivity index (χ4v) is 4.59. The molecular weight excluding hydrogens is 316 g/mol. The zero-order valence-corrected chi connectivity index (χ0v) is 14.6. The molecule has 0 spiro atoms. The maximum Gasteiger partial charge on any atom is 0.168 e. The fraction of sp³-hybridized carbons (Fsp3) is 0.318. The largest absolute Gasteiger partial charge is 0.294 e. The summed E-state index contributed by atoms with van der Waals surface area (Å²) in [4.78, 5) is 12.9. The van der Waals surface area contributed by atoms with E-state index in [0.717, 1.165) is 30.4 Å². The zero-order valence-electron chi connectivity index (χ0n) is 13.8. The van der Waals surface area contributed by atoms with Crippen molar-refractivity contribution >= 4 is 17.4 Å². The maximum atomic E-state index is 13.4. The van der Waals surface area contributed by atoms with Gasteiger partial charge in [-0.15, -0.1) is 11.6 Å². The van der Waals surface area contributed by atoms with Gasteiger partial charge in [0, 0.05) is 11.0 Å². The molecular formula is C22H21ClO. The van der Waals surface area contributed by atoms with E-state index in [-0.39, 0.29) is 17.1 Å². The van der Waals surface area contributed by atoms with Gasteiger partial charge in [0.15, 0.2) is 5.78 Å². The second kappa shape index (κ2) is 5.60. The van der Waals surface area contributed by atoms with Crippen molar-refractivity contribution in [2.24, 2.45) is 0 Å². The molecule has 1 nitrogen and oxygen atoms in total.